The summed E-state index contributed by atoms with van der Waals surface area (Å²) in [6.45, 7) is 3.32. The normalized spacial score (nSPS) is 17.5. The molecule has 1 aliphatic heterocycles. The van der Waals surface area contributed by atoms with Crippen LogP contribution in [-0.2, 0) is 20.8 Å². The molecule has 2 N–H and O–H groups in total. The Bertz CT molecular complexity index is 752. The molecule has 1 aromatic rings. The number of ether oxygens (including phenoxy) is 2. The number of nitrogens with two attached hydrogens (primary N) is 1. The van der Waals surface area contributed by atoms with Crippen molar-refractivity contribution in [3.63, 3.8) is 0 Å². The van der Waals surface area contributed by atoms with Crippen molar-refractivity contribution in [1.82, 2.24) is 4.90 Å². The number of benzene rings is 1. The molecule has 130 valence electrons. The molecule has 0 saturated carbocycles. The van der Waals surface area contributed by atoms with Crippen molar-refractivity contribution in [1.29, 1.82) is 0 Å². The van der Waals surface area contributed by atoms with Crippen LogP contribution in [0.5, 0.6) is 0 Å². The number of hydrogen-bond donors (Lipinski definition) is 1. The molecule has 1 aromatic carbocycles. The second-order valence-electron chi connectivity index (χ2n) is 5.84. The van der Waals surface area contributed by atoms with Gasteiger partial charge in [0.1, 0.15) is 11.7 Å². The molecule has 0 radical (unpaired) electrons. The largest absolute Gasteiger partial charge is 0.422 e. The molecule has 2 aliphatic rings. The fourth-order valence-corrected chi connectivity index (χ4v) is 2.79. The highest BCUT2D eigenvalue weighted by Crippen LogP contribution is 2.27. The van der Waals surface area contributed by atoms with Crippen LogP contribution in [0.3, 0.4) is 0 Å². The van der Waals surface area contributed by atoms with E-state index in [1.807, 2.05) is 12.0 Å². The highest BCUT2D eigenvalue weighted by molar-refractivity contribution is 5.90. The summed E-state index contributed by atoms with van der Waals surface area (Å²) >= 11 is 0. The minimum absolute atomic E-state index is 0.250. The van der Waals surface area contributed by atoms with Crippen molar-refractivity contribution >= 4 is 11.9 Å². The number of carbonyl (C=O) groups excluding carboxylic acids is 2. The molecule has 25 heavy (non-hydrogen) atoms. The maximum atomic E-state index is 12.3. The van der Waals surface area contributed by atoms with Crippen molar-refractivity contribution in [2.24, 2.45) is 5.73 Å². The Morgan fingerprint density at radius 1 is 1.20 bits per heavy atom. The summed E-state index contributed by atoms with van der Waals surface area (Å²) in [5.41, 5.74) is 8.24. The van der Waals surface area contributed by atoms with Gasteiger partial charge in [0.25, 0.3) is 0 Å². The molecular formula is C19H20N2O4. The molecule has 0 unspecified atom stereocenters. The monoisotopic (exact) mass is 340 g/mol. The number of rotatable bonds is 4. The van der Waals surface area contributed by atoms with Gasteiger partial charge in [-0.3, -0.25) is 0 Å². The zero-order valence-electron chi connectivity index (χ0n) is 13.9. The fourth-order valence-electron chi connectivity index (χ4n) is 2.79. The molecule has 1 aliphatic carbocycles. The molecule has 1 fully saturated rings. The van der Waals surface area contributed by atoms with Gasteiger partial charge >= 0.3 is 5.97 Å². The number of hydrogen-bond acceptors (Lipinski definition) is 6. The van der Waals surface area contributed by atoms with Crippen molar-refractivity contribution in [2.45, 2.75) is 13.0 Å². The van der Waals surface area contributed by atoms with Crippen LogP contribution in [0.1, 0.15) is 22.3 Å². The van der Waals surface area contributed by atoms with Crippen LogP contribution in [0.2, 0.25) is 0 Å². The molecule has 6 heteroatoms. The Hall–Kier alpha value is -2.66. The van der Waals surface area contributed by atoms with Crippen LogP contribution in [0, 0.1) is 0 Å². The van der Waals surface area contributed by atoms with Gasteiger partial charge in [0.05, 0.1) is 24.4 Å². The first kappa shape index (κ1) is 17.2. The maximum absolute atomic E-state index is 12.3. The number of nitrogens with zero attached hydrogens (tertiary/aromatic N) is 1. The topological polar surface area (TPSA) is 81.9 Å². The molecule has 0 spiro atoms. The maximum Gasteiger partial charge on any atom is 0.343 e. The van der Waals surface area contributed by atoms with Crippen molar-refractivity contribution in [3.8, 4) is 0 Å². The molecular weight excluding hydrogens is 320 g/mol. The first-order valence-electron chi connectivity index (χ1n) is 8.20. The van der Waals surface area contributed by atoms with E-state index in [1.54, 1.807) is 30.3 Å². The van der Waals surface area contributed by atoms with E-state index in [9.17, 15) is 9.59 Å². The molecule has 0 bridgehead atoms. The molecule has 0 atom stereocenters. The highest BCUT2D eigenvalue weighted by Gasteiger charge is 2.22. The van der Waals surface area contributed by atoms with E-state index < -0.39 is 5.97 Å². The predicted octanol–water partition coefficient (Wildman–Crippen LogP) is 1.56. The molecule has 0 aromatic heterocycles. The van der Waals surface area contributed by atoms with Crippen LogP contribution in [-0.4, -0.2) is 43.1 Å². The zero-order valence-corrected chi connectivity index (χ0v) is 13.9. The Morgan fingerprint density at radius 2 is 1.92 bits per heavy atom. The molecule has 3 rings (SSSR count). The highest BCUT2D eigenvalue weighted by atomic mass is 16.5. The van der Waals surface area contributed by atoms with Gasteiger partial charge in [0, 0.05) is 31.8 Å². The average molecular weight is 340 g/mol. The minimum atomic E-state index is -0.509. The van der Waals surface area contributed by atoms with E-state index in [-0.39, 0.29) is 5.76 Å². The molecule has 0 amide bonds. The van der Waals surface area contributed by atoms with Crippen molar-refractivity contribution in [2.75, 3.05) is 26.3 Å². The zero-order chi connectivity index (χ0) is 17.6. The summed E-state index contributed by atoms with van der Waals surface area (Å²) in [6, 6.07) is 6.87. The van der Waals surface area contributed by atoms with Crippen molar-refractivity contribution in [3.05, 3.63) is 64.6 Å². The third-order valence-corrected chi connectivity index (χ3v) is 4.25. The third-order valence-electron chi connectivity index (χ3n) is 4.25. The first-order chi connectivity index (χ1) is 12.2. The van der Waals surface area contributed by atoms with Crippen LogP contribution < -0.4 is 5.73 Å². The van der Waals surface area contributed by atoms with Gasteiger partial charge in [-0.1, -0.05) is 12.1 Å². The van der Waals surface area contributed by atoms with Crippen LogP contribution >= 0.6 is 0 Å². The van der Waals surface area contributed by atoms with Crippen LogP contribution in [0.25, 0.3) is 0 Å². The summed E-state index contributed by atoms with van der Waals surface area (Å²) in [5.74, 6) is 1.65. The quantitative estimate of drug-likeness (QED) is 0.662. The number of esters is 1. The van der Waals surface area contributed by atoms with Gasteiger partial charge in [0.2, 0.25) is 0 Å². The van der Waals surface area contributed by atoms with Crippen molar-refractivity contribution < 1.29 is 19.1 Å². The van der Waals surface area contributed by atoms with E-state index in [0.717, 1.165) is 24.4 Å². The van der Waals surface area contributed by atoms with Gasteiger partial charge in [-0.25, -0.2) is 9.59 Å². The Balaban J connectivity index is 1.73. The predicted molar refractivity (Wildman–Crippen MR) is 92.1 cm³/mol. The summed E-state index contributed by atoms with van der Waals surface area (Å²) in [4.78, 5) is 25.8. The molecule has 1 heterocycles. The van der Waals surface area contributed by atoms with E-state index in [4.69, 9.17) is 15.2 Å². The van der Waals surface area contributed by atoms with E-state index >= 15 is 0 Å². The lowest BCUT2D eigenvalue weighted by Crippen LogP contribution is -2.36. The lowest BCUT2D eigenvalue weighted by molar-refractivity contribution is 0.0521. The number of carbonyl (C=O) groups is 1. The second-order valence-corrected chi connectivity index (χ2v) is 5.84. The Morgan fingerprint density at radius 3 is 2.56 bits per heavy atom. The number of morpholine rings is 1. The van der Waals surface area contributed by atoms with Gasteiger partial charge in [-0.2, -0.15) is 0 Å². The summed E-state index contributed by atoms with van der Waals surface area (Å²) in [6.07, 6.45) is 3.93. The smallest absolute Gasteiger partial charge is 0.343 e. The number of allylic oxidation sites excluding steroid dienone is 4. The first-order valence-corrected chi connectivity index (χ1v) is 8.20. The SMILES string of the molecule is NCc1ccc(C(=O)OC2=CC=C(N3CCOCC3)CC2=C=O)cc1. The van der Waals surface area contributed by atoms with Crippen LogP contribution in [0.15, 0.2) is 53.4 Å². The van der Waals surface area contributed by atoms with E-state index in [1.165, 1.54) is 0 Å². The Kier molecular flexibility index (Phi) is 5.46. The van der Waals surface area contributed by atoms with Gasteiger partial charge in [-0.05, 0) is 29.8 Å². The second kappa shape index (κ2) is 7.94. The lowest BCUT2D eigenvalue weighted by Gasteiger charge is -2.32. The summed E-state index contributed by atoms with van der Waals surface area (Å²) < 4.78 is 10.7. The fraction of sp³-hybridized carbons (Fsp3) is 0.316. The standard InChI is InChI=1S/C19H20N2O4/c20-12-14-1-3-15(4-2-14)19(23)25-18-6-5-17(11-16(18)13-22)21-7-9-24-10-8-21/h1-6H,7-12,20H2. The average Bonchev–Trinajstić information content (AvgIpc) is 2.69. The Labute approximate surface area is 146 Å². The summed E-state index contributed by atoms with van der Waals surface area (Å²) in [5, 5.41) is 0. The van der Waals surface area contributed by atoms with Crippen LogP contribution in [0.4, 0.5) is 0 Å². The van der Waals surface area contributed by atoms with E-state index in [0.29, 0.717) is 37.3 Å². The van der Waals surface area contributed by atoms with Gasteiger partial charge in [0.15, 0.2) is 0 Å². The molecule has 1 saturated heterocycles. The third kappa shape index (κ3) is 4.06. The lowest BCUT2D eigenvalue weighted by atomic mass is 10.0. The van der Waals surface area contributed by atoms with E-state index in [2.05, 4.69) is 4.90 Å². The minimum Gasteiger partial charge on any atom is -0.422 e. The summed E-state index contributed by atoms with van der Waals surface area (Å²) in [7, 11) is 0. The van der Waals surface area contributed by atoms with Gasteiger partial charge < -0.3 is 20.1 Å². The molecule has 6 nitrogen and oxygen atoms in total. The van der Waals surface area contributed by atoms with Gasteiger partial charge in [-0.15, -0.1) is 0 Å².